The highest BCUT2D eigenvalue weighted by Gasteiger charge is 2.26. The first-order valence-electron chi connectivity index (χ1n) is 7.75. The molecule has 1 saturated heterocycles. The van der Waals surface area contributed by atoms with Crippen LogP contribution >= 0.6 is 11.6 Å². The molecular formula is C17H25ClN2O2. The van der Waals surface area contributed by atoms with E-state index >= 15 is 0 Å². The van der Waals surface area contributed by atoms with Crippen LogP contribution in [0.4, 0.5) is 10.5 Å². The molecule has 0 unspecified atom stereocenters. The molecule has 1 N–H and O–H groups in total. The maximum absolute atomic E-state index is 12.0. The number of rotatable bonds is 2. The second-order valence-corrected chi connectivity index (χ2v) is 7.28. The molecule has 1 aliphatic heterocycles. The molecule has 1 heterocycles. The van der Waals surface area contributed by atoms with Crippen LogP contribution in [0.25, 0.3) is 0 Å². The Morgan fingerprint density at radius 1 is 1.32 bits per heavy atom. The number of aryl methyl sites for hydroxylation is 1. The van der Waals surface area contributed by atoms with Crippen molar-refractivity contribution in [2.24, 2.45) is 0 Å². The van der Waals surface area contributed by atoms with Crippen LogP contribution in [0.1, 0.15) is 39.2 Å². The van der Waals surface area contributed by atoms with E-state index in [1.165, 1.54) is 5.56 Å². The van der Waals surface area contributed by atoms with Crippen LogP contribution in [0, 0.1) is 6.92 Å². The number of nitrogens with one attached hydrogen (secondary N) is 1. The first kappa shape index (κ1) is 16.9. The molecule has 0 aliphatic carbocycles. The number of nitrogens with zero attached hydrogens (tertiary/aromatic N) is 1. The fourth-order valence-corrected chi connectivity index (χ4v) is 2.67. The van der Waals surface area contributed by atoms with Crippen molar-refractivity contribution in [1.82, 2.24) is 4.90 Å². The molecule has 2 rings (SSSR count). The molecule has 0 atom stereocenters. The summed E-state index contributed by atoms with van der Waals surface area (Å²) in [5, 5.41) is 4.22. The molecule has 1 aliphatic rings. The minimum Gasteiger partial charge on any atom is -0.444 e. The van der Waals surface area contributed by atoms with Crippen molar-refractivity contribution in [2.75, 3.05) is 18.4 Å². The SMILES string of the molecule is Cc1ccc(Cl)c(NC2CCN(C(=O)OC(C)(C)C)CC2)c1. The number of ether oxygens (including phenoxy) is 1. The van der Waals surface area contributed by atoms with Gasteiger partial charge in [-0.25, -0.2) is 4.79 Å². The fraction of sp³-hybridized carbons (Fsp3) is 0.588. The Kier molecular flexibility index (Phi) is 5.22. The summed E-state index contributed by atoms with van der Waals surface area (Å²) in [5.41, 5.74) is 1.71. The predicted octanol–water partition coefficient (Wildman–Crippen LogP) is 4.46. The number of carbonyl (C=O) groups excluding carboxylic acids is 1. The number of hydrogen-bond acceptors (Lipinski definition) is 3. The lowest BCUT2D eigenvalue weighted by molar-refractivity contribution is 0.0210. The second-order valence-electron chi connectivity index (χ2n) is 6.87. The van der Waals surface area contributed by atoms with Gasteiger partial charge in [-0.05, 0) is 58.2 Å². The minimum atomic E-state index is -0.443. The van der Waals surface area contributed by atoms with E-state index < -0.39 is 5.60 Å². The zero-order chi connectivity index (χ0) is 16.3. The van der Waals surface area contributed by atoms with Gasteiger partial charge in [-0.2, -0.15) is 0 Å². The molecule has 1 amide bonds. The molecule has 0 radical (unpaired) electrons. The first-order valence-corrected chi connectivity index (χ1v) is 8.13. The normalized spacial score (nSPS) is 16.5. The van der Waals surface area contributed by atoms with Crippen LogP contribution in [-0.4, -0.2) is 35.7 Å². The Hall–Kier alpha value is -1.42. The first-order chi connectivity index (χ1) is 10.2. The Bertz CT molecular complexity index is 532. The smallest absolute Gasteiger partial charge is 0.410 e. The monoisotopic (exact) mass is 324 g/mol. The molecule has 0 bridgehead atoms. The van der Waals surface area contributed by atoms with E-state index in [1.807, 2.05) is 39.8 Å². The second kappa shape index (κ2) is 6.78. The zero-order valence-corrected chi connectivity index (χ0v) is 14.5. The molecule has 1 fully saturated rings. The highest BCUT2D eigenvalue weighted by molar-refractivity contribution is 6.33. The van der Waals surface area contributed by atoms with Crippen LogP contribution < -0.4 is 5.32 Å². The number of anilines is 1. The van der Waals surface area contributed by atoms with Crippen LogP contribution in [0.15, 0.2) is 18.2 Å². The Morgan fingerprint density at radius 3 is 2.55 bits per heavy atom. The quantitative estimate of drug-likeness (QED) is 0.873. The standard InChI is InChI=1S/C17H25ClN2O2/c1-12-5-6-14(18)15(11-12)19-13-7-9-20(10-8-13)16(21)22-17(2,3)4/h5-6,11,13,19H,7-10H2,1-4H3. The highest BCUT2D eigenvalue weighted by atomic mass is 35.5. The third-order valence-corrected chi connectivity index (χ3v) is 3.96. The lowest BCUT2D eigenvalue weighted by atomic mass is 10.0. The van der Waals surface area contributed by atoms with Crippen LogP contribution in [-0.2, 0) is 4.74 Å². The lowest BCUT2D eigenvalue weighted by Gasteiger charge is -2.34. The zero-order valence-electron chi connectivity index (χ0n) is 13.8. The topological polar surface area (TPSA) is 41.6 Å². The summed E-state index contributed by atoms with van der Waals surface area (Å²) in [5.74, 6) is 0. The maximum Gasteiger partial charge on any atom is 0.410 e. The van der Waals surface area contributed by atoms with Crippen molar-refractivity contribution in [2.45, 2.75) is 52.2 Å². The van der Waals surface area contributed by atoms with E-state index in [2.05, 4.69) is 11.4 Å². The van der Waals surface area contributed by atoms with Gasteiger partial charge in [-0.15, -0.1) is 0 Å². The molecule has 0 aromatic heterocycles. The Balaban J connectivity index is 1.87. The molecule has 122 valence electrons. The largest absolute Gasteiger partial charge is 0.444 e. The van der Waals surface area contributed by atoms with Crippen LogP contribution in [0.2, 0.25) is 5.02 Å². The Morgan fingerprint density at radius 2 is 1.95 bits per heavy atom. The Labute approximate surface area is 137 Å². The average Bonchev–Trinajstić information content (AvgIpc) is 2.42. The van der Waals surface area contributed by atoms with E-state index in [-0.39, 0.29) is 6.09 Å². The van der Waals surface area contributed by atoms with Crippen molar-refractivity contribution >= 4 is 23.4 Å². The van der Waals surface area contributed by atoms with E-state index in [4.69, 9.17) is 16.3 Å². The lowest BCUT2D eigenvalue weighted by Crippen LogP contribution is -2.44. The van der Waals surface area contributed by atoms with Crippen molar-refractivity contribution < 1.29 is 9.53 Å². The molecular weight excluding hydrogens is 300 g/mol. The summed E-state index contributed by atoms with van der Waals surface area (Å²) in [7, 11) is 0. The third-order valence-electron chi connectivity index (χ3n) is 3.63. The number of likely N-dealkylation sites (tertiary alicyclic amines) is 1. The third kappa shape index (κ3) is 4.80. The van der Waals surface area contributed by atoms with Gasteiger partial charge in [0.1, 0.15) is 5.60 Å². The molecule has 0 spiro atoms. The van der Waals surface area contributed by atoms with E-state index in [1.54, 1.807) is 4.90 Å². The molecule has 0 saturated carbocycles. The summed E-state index contributed by atoms with van der Waals surface area (Å²) < 4.78 is 5.41. The summed E-state index contributed by atoms with van der Waals surface area (Å²) in [6, 6.07) is 6.30. The predicted molar refractivity (Wildman–Crippen MR) is 90.6 cm³/mol. The number of carbonyl (C=O) groups is 1. The number of hydrogen-bond donors (Lipinski definition) is 1. The van der Waals surface area contributed by atoms with Crippen LogP contribution in [0.5, 0.6) is 0 Å². The van der Waals surface area contributed by atoms with Gasteiger partial charge in [0, 0.05) is 19.1 Å². The van der Waals surface area contributed by atoms with Gasteiger partial charge < -0.3 is 15.0 Å². The van der Waals surface area contributed by atoms with Gasteiger partial charge in [0.25, 0.3) is 0 Å². The van der Waals surface area contributed by atoms with E-state index in [0.29, 0.717) is 19.1 Å². The molecule has 22 heavy (non-hydrogen) atoms. The number of amides is 1. The fourth-order valence-electron chi connectivity index (χ4n) is 2.50. The summed E-state index contributed by atoms with van der Waals surface area (Å²) >= 11 is 6.22. The molecule has 5 heteroatoms. The van der Waals surface area contributed by atoms with Crippen molar-refractivity contribution in [3.05, 3.63) is 28.8 Å². The van der Waals surface area contributed by atoms with Crippen molar-refractivity contribution in [3.8, 4) is 0 Å². The number of benzene rings is 1. The van der Waals surface area contributed by atoms with Crippen molar-refractivity contribution in [3.63, 3.8) is 0 Å². The summed E-state index contributed by atoms with van der Waals surface area (Å²) in [6.45, 7) is 9.12. The average molecular weight is 325 g/mol. The van der Waals surface area contributed by atoms with Gasteiger partial charge in [0.05, 0.1) is 10.7 Å². The van der Waals surface area contributed by atoms with Gasteiger partial charge in [-0.1, -0.05) is 17.7 Å². The van der Waals surface area contributed by atoms with Gasteiger partial charge in [0.15, 0.2) is 0 Å². The highest BCUT2D eigenvalue weighted by Crippen LogP contribution is 2.26. The van der Waals surface area contributed by atoms with Gasteiger partial charge in [-0.3, -0.25) is 0 Å². The number of halogens is 1. The van der Waals surface area contributed by atoms with Gasteiger partial charge in [0.2, 0.25) is 0 Å². The molecule has 4 nitrogen and oxygen atoms in total. The minimum absolute atomic E-state index is 0.223. The summed E-state index contributed by atoms with van der Waals surface area (Å²) in [6.07, 6.45) is 1.56. The maximum atomic E-state index is 12.0. The van der Waals surface area contributed by atoms with E-state index in [9.17, 15) is 4.79 Å². The van der Waals surface area contributed by atoms with Crippen LogP contribution in [0.3, 0.4) is 0 Å². The van der Waals surface area contributed by atoms with Gasteiger partial charge >= 0.3 is 6.09 Å². The van der Waals surface area contributed by atoms with E-state index in [0.717, 1.165) is 23.6 Å². The van der Waals surface area contributed by atoms with Crippen molar-refractivity contribution in [1.29, 1.82) is 0 Å². The molecule has 1 aromatic rings. The molecule has 1 aromatic carbocycles. The summed E-state index contributed by atoms with van der Waals surface area (Å²) in [4.78, 5) is 13.8. The number of piperidine rings is 1.